The highest BCUT2D eigenvalue weighted by Crippen LogP contribution is 2.60. The zero-order valence-corrected chi connectivity index (χ0v) is 49.8. The van der Waals surface area contributed by atoms with Gasteiger partial charge < -0.3 is 52.0 Å². The Labute approximate surface area is 489 Å². The van der Waals surface area contributed by atoms with Gasteiger partial charge in [0.1, 0.15) is 18.5 Å². The van der Waals surface area contributed by atoms with E-state index in [-0.39, 0.29) is 71.2 Å². The summed E-state index contributed by atoms with van der Waals surface area (Å²) < 4.78 is 34.5. The molecule has 4 saturated carbocycles. The molecule has 1 aromatic heterocycles. The number of carbonyl (C=O) groups is 6. The average molecular weight is 1170 g/mol. The molecule has 9 rings (SSSR count). The van der Waals surface area contributed by atoms with Crippen molar-refractivity contribution in [3.63, 3.8) is 0 Å². The fourth-order valence-corrected chi connectivity index (χ4v) is 16.3. The molecular weight excluding hydrogens is 1080 g/mol. The monoisotopic (exact) mass is 1170 g/mol. The molecule has 6 aliphatic rings. The van der Waals surface area contributed by atoms with Gasteiger partial charge in [0.2, 0.25) is 23.6 Å². The third kappa shape index (κ3) is 18.0. The van der Waals surface area contributed by atoms with Crippen molar-refractivity contribution in [2.45, 2.75) is 183 Å². The number of benzene rings is 2. The maximum atomic E-state index is 13.7. The minimum atomic E-state index is -3.88. The van der Waals surface area contributed by atoms with E-state index in [0.29, 0.717) is 111 Å². The lowest BCUT2D eigenvalue weighted by molar-refractivity contribution is -0.146. The summed E-state index contributed by atoms with van der Waals surface area (Å²) >= 11 is 1.89. The standard InChI is InChI=1S/C61H91N9O10S2/c1-43-22-24-48(25-23-43)82(78,79)70-33-26-49-51(70)16-15-17-52(49)80-41-47(71)40-69(60(77)66-31-13-12-30-65-58(75)61-37-44-34-45(38-61)36-46(35-44)39-61)32-14-4-11-29-64-55(73)20-6-2-9-27-62-54(72)19-5-3-10-28-63-56(74)21-8-7-18-53-57-50(42-81-53)67-59(76)68-57/h15-17,22-26,33,44-47,50,53,57,71H,2-14,18-21,27-32,34-42H2,1H3,(H,62,72)(H,63,74)(H,64,73)(H,65,75)(H,66,77)(H2,67,68,76)/t44?,45?,46?,47?,50-,53-,57-,61?/m0/s1. The Morgan fingerprint density at radius 3 is 1.89 bits per heavy atom. The first-order valence-electron chi connectivity index (χ1n) is 30.7. The number of unbranched alkanes of at least 4 members (excludes halogenated alkanes) is 8. The summed E-state index contributed by atoms with van der Waals surface area (Å²) in [5.41, 5.74) is 1.20. The number of fused-ring (bicyclic) bond motifs is 2. The van der Waals surface area contributed by atoms with Gasteiger partial charge in [0.25, 0.3) is 10.0 Å². The van der Waals surface area contributed by atoms with Gasteiger partial charge in [-0.2, -0.15) is 11.8 Å². The molecule has 19 nitrogen and oxygen atoms in total. The minimum absolute atomic E-state index is 0.000577. The molecule has 0 spiro atoms. The van der Waals surface area contributed by atoms with Gasteiger partial charge in [0.05, 0.1) is 29.0 Å². The number of hydrogen-bond acceptors (Lipinski definition) is 11. The van der Waals surface area contributed by atoms with Gasteiger partial charge in [0, 0.05) is 86.5 Å². The summed E-state index contributed by atoms with van der Waals surface area (Å²) in [6.07, 6.45) is 19.8. The highest BCUT2D eigenvalue weighted by molar-refractivity contribution is 8.00. The SMILES string of the molecule is Cc1ccc(S(=O)(=O)n2ccc3c(OCC(O)CN(CCCCCNC(=O)CCCCCNC(=O)CCCCCNC(=O)CCCC[C@@H]4SC[C@@H]5NC(=O)N[C@@H]54)C(=O)NCCCCNC(=O)C45CC6CC(CC(C6)C4)C5)cccc32)cc1. The molecule has 2 saturated heterocycles. The number of aliphatic hydroxyl groups is 1. The van der Waals surface area contributed by atoms with Gasteiger partial charge in [-0.15, -0.1) is 0 Å². The van der Waals surface area contributed by atoms with Crippen LogP contribution in [-0.4, -0.2) is 140 Å². The molecule has 6 fully saturated rings. The minimum Gasteiger partial charge on any atom is -0.490 e. The number of carbonyl (C=O) groups excluding carboxylic acids is 6. The first-order valence-corrected chi connectivity index (χ1v) is 33.2. The van der Waals surface area contributed by atoms with Gasteiger partial charge >= 0.3 is 12.1 Å². The van der Waals surface area contributed by atoms with Crippen LogP contribution in [0.15, 0.2) is 59.6 Å². The van der Waals surface area contributed by atoms with Crippen LogP contribution < -0.4 is 42.0 Å². The molecule has 3 heterocycles. The van der Waals surface area contributed by atoms with Crippen LogP contribution in [0.3, 0.4) is 0 Å². The average Bonchev–Trinajstić information content (AvgIpc) is 2.60. The second kappa shape index (κ2) is 30.8. The van der Waals surface area contributed by atoms with E-state index < -0.39 is 16.1 Å². The van der Waals surface area contributed by atoms with Crippen LogP contribution >= 0.6 is 11.8 Å². The van der Waals surface area contributed by atoms with Crippen LogP contribution in [0.25, 0.3) is 10.9 Å². The Hall–Kier alpha value is -5.54. The highest BCUT2D eigenvalue weighted by atomic mass is 32.2. The molecule has 8 N–H and O–H groups in total. The van der Waals surface area contributed by atoms with E-state index in [1.54, 1.807) is 53.4 Å². The summed E-state index contributed by atoms with van der Waals surface area (Å²) in [7, 11) is -3.88. The molecular formula is C61H91N9O10S2. The Balaban J connectivity index is 0.672. The van der Waals surface area contributed by atoms with Crippen molar-refractivity contribution in [3.8, 4) is 5.75 Å². The number of aliphatic hydroxyl groups excluding tert-OH is 1. The maximum Gasteiger partial charge on any atom is 0.317 e. The maximum absolute atomic E-state index is 13.7. The van der Waals surface area contributed by atoms with Gasteiger partial charge in [-0.1, -0.05) is 43.0 Å². The van der Waals surface area contributed by atoms with Gasteiger partial charge in [-0.3, -0.25) is 19.2 Å². The molecule has 21 heteroatoms. The number of nitrogens with zero attached hydrogens (tertiary/aromatic N) is 2. The molecule has 3 aromatic rings. The molecule has 1 unspecified atom stereocenters. The number of hydrogen-bond donors (Lipinski definition) is 8. The summed E-state index contributed by atoms with van der Waals surface area (Å²) in [4.78, 5) is 77.7. The lowest BCUT2D eigenvalue weighted by atomic mass is 9.49. The topological polar surface area (TPSA) is 258 Å². The van der Waals surface area contributed by atoms with Gasteiger partial charge in [0.15, 0.2) is 0 Å². The fraction of sp³-hybridized carbons (Fsp3) is 0.672. The first-order chi connectivity index (χ1) is 39.7. The highest BCUT2D eigenvalue weighted by Gasteiger charge is 2.54. The summed E-state index contributed by atoms with van der Waals surface area (Å²) in [5.74, 6) is 3.71. The molecule has 4 aliphatic carbocycles. The van der Waals surface area contributed by atoms with Crippen molar-refractivity contribution in [1.29, 1.82) is 0 Å². The van der Waals surface area contributed by atoms with Crippen LogP contribution in [0.4, 0.5) is 9.59 Å². The summed E-state index contributed by atoms with van der Waals surface area (Å²) in [6, 6.07) is 13.5. The van der Waals surface area contributed by atoms with Crippen LogP contribution in [0.5, 0.6) is 5.75 Å². The Morgan fingerprint density at radius 1 is 0.707 bits per heavy atom. The molecule has 2 aromatic carbocycles. The molecule has 8 amide bonds. The van der Waals surface area contributed by atoms with E-state index in [9.17, 15) is 42.3 Å². The van der Waals surface area contributed by atoms with Crippen molar-refractivity contribution >= 4 is 68.4 Å². The molecule has 452 valence electrons. The van der Waals surface area contributed by atoms with E-state index in [2.05, 4.69) is 37.2 Å². The molecule has 4 bridgehead atoms. The Morgan fingerprint density at radius 2 is 1.27 bits per heavy atom. The quantitative estimate of drug-likeness (QED) is 0.0210. The lowest BCUT2D eigenvalue weighted by Crippen LogP contribution is -2.53. The number of amides is 8. The second-order valence-corrected chi connectivity index (χ2v) is 27.1. The van der Waals surface area contributed by atoms with E-state index >= 15 is 0 Å². The number of urea groups is 2. The lowest BCUT2D eigenvalue weighted by Gasteiger charge is -2.55. The number of rotatable bonds is 36. The smallest absolute Gasteiger partial charge is 0.317 e. The van der Waals surface area contributed by atoms with E-state index in [0.717, 1.165) is 108 Å². The van der Waals surface area contributed by atoms with Crippen molar-refractivity contribution in [3.05, 3.63) is 60.3 Å². The zero-order chi connectivity index (χ0) is 57.9. The fourth-order valence-electron chi connectivity index (χ4n) is 13.4. The van der Waals surface area contributed by atoms with E-state index in [1.807, 2.05) is 18.7 Å². The van der Waals surface area contributed by atoms with Crippen molar-refractivity contribution in [2.24, 2.45) is 23.2 Å². The predicted octanol–water partition coefficient (Wildman–Crippen LogP) is 7.42. The van der Waals surface area contributed by atoms with Crippen LogP contribution in [-0.2, 0) is 29.2 Å². The normalized spacial score (nSPS) is 22.7. The van der Waals surface area contributed by atoms with Crippen molar-refractivity contribution in [2.75, 3.05) is 58.2 Å². The predicted molar refractivity (Wildman–Crippen MR) is 319 cm³/mol. The van der Waals surface area contributed by atoms with Crippen molar-refractivity contribution in [1.82, 2.24) is 46.1 Å². The number of nitrogens with one attached hydrogen (secondary N) is 7. The molecule has 4 atom stereocenters. The van der Waals surface area contributed by atoms with Crippen molar-refractivity contribution < 1.29 is 47.0 Å². The third-order valence-electron chi connectivity index (χ3n) is 17.4. The number of ether oxygens (including phenoxy) is 1. The van der Waals surface area contributed by atoms with E-state index in [4.69, 9.17) is 4.74 Å². The molecule has 82 heavy (non-hydrogen) atoms. The molecule has 0 radical (unpaired) electrons. The first kappa shape index (κ1) is 62.5. The number of aromatic nitrogens is 1. The largest absolute Gasteiger partial charge is 0.490 e. The van der Waals surface area contributed by atoms with Crippen LogP contribution in [0.2, 0.25) is 0 Å². The van der Waals surface area contributed by atoms with Gasteiger partial charge in [-0.05, 0) is 164 Å². The number of thioether (sulfide) groups is 1. The summed E-state index contributed by atoms with van der Waals surface area (Å²) in [6.45, 7) is 4.79. The number of aryl methyl sites for hydroxylation is 1. The van der Waals surface area contributed by atoms with Crippen LogP contribution in [0.1, 0.15) is 153 Å². The Kier molecular flexibility index (Phi) is 23.5. The second-order valence-electron chi connectivity index (χ2n) is 24.0. The van der Waals surface area contributed by atoms with Gasteiger partial charge in [-0.25, -0.2) is 22.0 Å². The summed E-state index contributed by atoms with van der Waals surface area (Å²) in [5, 5.41) is 33.5. The molecule has 2 aliphatic heterocycles. The zero-order valence-electron chi connectivity index (χ0n) is 48.2. The van der Waals surface area contributed by atoms with Crippen LogP contribution in [0, 0.1) is 30.1 Å². The Bertz CT molecular complexity index is 2690. The third-order valence-corrected chi connectivity index (χ3v) is 20.6. The van der Waals surface area contributed by atoms with E-state index in [1.165, 1.54) is 29.4 Å².